The molecule has 0 heterocycles. The number of benzene rings is 1. The quantitative estimate of drug-likeness (QED) is 0.830. The van der Waals surface area contributed by atoms with Gasteiger partial charge in [0.25, 0.3) is 5.91 Å². The van der Waals surface area contributed by atoms with E-state index in [1.165, 1.54) is 25.3 Å². The highest BCUT2D eigenvalue weighted by Crippen LogP contribution is 2.21. The second-order valence-electron chi connectivity index (χ2n) is 4.14. The van der Waals surface area contributed by atoms with E-state index in [-0.39, 0.29) is 23.8 Å². The summed E-state index contributed by atoms with van der Waals surface area (Å²) in [5.74, 6) is -0.727. The molecule has 0 aliphatic heterocycles. The van der Waals surface area contributed by atoms with Gasteiger partial charge < -0.3 is 15.2 Å². The second kappa shape index (κ2) is 4.71. The number of hydrogen-bond donors (Lipinski definition) is 2. The molecule has 2 N–H and O–H groups in total. The third-order valence-electron chi connectivity index (χ3n) is 2.86. The summed E-state index contributed by atoms with van der Waals surface area (Å²) in [6.45, 7) is 0. The van der Waals surface area contributed by atoms with Crippen LogP contribution < -0.4 is 10.1 Å². The topological polar surface area (TPSA) is 58.6 Å². The highest BCUT2D eigenvalue weighted by atomic mass is 19.1. The molecule has 1 aromatic carbocycles. The van der Waals surface area contributed by atoms with Crippen molar-refractivity contribution in [2.75, 3.05) is 7.11 Å². The Balaban J connectivity index is 2.03. The van der Waals surface area contributed by atoms with E-state index < -0.39 is 5.82 Å². The number of aliphatic hydroxyl groups excluding tert-OH is 1. The number of ether oxygens (including phenoxy) is 1. The molecule has 0 radical (unpaired) electrons. The second-order valence-corrected chi connectivity index (χ2v) is 4.14. The van der Waals surface area contributed by atoms with Gasteiger partial charge in [-0.05, 0) is 31.0 Å². The van der Waals surface area contributed by atoms with Crippen molar-refractivity contribution in [2.24, 2.45) is 0 Å². The van der Waals surface area contributed by atoms with Crippen molar-refractivity contribution in [3.8, 4) is 5.75 Å². The van der Waals surface area contributed by atoms with E-state index in [4.69, 9.17) is 9.84 Å². The van der Waals surface area contributed by atoms with Crippen molar-refractivity contribution in [1.29, 1.82) is 0 Å². The van der Waals surface area contributed by atoms with Crippen molar-refractivity contribution < 1.29 is 19.0 Å². The van der Waals surface area contributed by atoms with E-state index in [9.17, 15) is 9.18 Å². The molecule has 2 rings (SSSR count). The van der Waals surface area contributed by atoms with Gasteiger partial charge in [0.15, 0.2) is 11.6 Å². The van der Waals surface area contributed by atoms with Gasteiger partial charge in [0.2, 0.25) is 0 Å². The summed E-state index contributed by atoms with van der Waals surface area (Å²) >= 11 is 0. The molecule has 4 nitrogen and oxygen atoms in total. The summed E-state index contributed by atoms with van der Waals surface area (Å²) in [7, 11) is 1.35. The van der Waals surface area contributed by atoms with Crippen LogP contribution in [0.15, 0.2) is 18.2 Å². The number of rotatable bonds is 3. The summed E-state index contributed by atoms with van der Waals surface area (Å²) in [6.07, 6.45) is 0.830. The van der Waals surface area contributed by atoms with Crippen LogP contribution in [0.3, 0.4) is 0 Å². The normalized spacial score (nSPS) is 22.8. The minimum atomic E-state index is -0.497. The fourth-order valence-electron chi connectivity index (χ4n) is 1.78. The minimum absolute atomic E-state index is 0.00791. The van der Waals surface area contributed by atoms with E-state index in [1.807, 2.05) is 0 Å². The Bertz CT molecular complexity index is 430. The largest absolute Gasteiger partial charge is 0.494 e. The molecule has 0 saturated heterocycles. The molecule has 1 amide bonds. The molecule has 1 aliphatic rings. The Morgan fingerprint density at radius 1 is 1.53 bits per heavy atom. The fraction of sp³-hybridized carbons (Fsp3) is 0.417. The highest BCUT2D eigenvalue weighted by molar-refractivity contribution is 5.94. The maximum absolute atomic E-state index is 13.1. The first kappa shape index (κ1) is 11.9. The molecule has 0 aromatic heterocycles. The number of hydrogen-bond acceptors (Lipinski definition) is 3. The van der Waals surface area contributed by atoms with Gasteiger partial charge in [-0.25, -0.2) is 4.39 Å². The number of amides is 1. The molecule has 92 valence electrons. The van der Waals surface area contributed by atoms with Gasteiger partial charge in [0, 0.05) is 11.6 Å². The van der Waals surface area contributed by atoms with Gasteiger partial charge >= 0.3 is 0 Å². The summed E-state index contributed by atoms with van der Waals surface area (Å²) in [6, 6.07) is 3.97. The number of nitrogens with one attached hydrogen (secondary N) is 1. The molecule has 1 fully saturated rings. The predicted octanol–water partition coefficient (Wildman–Crippen LogP) is 1.09. The van der Waals surface area contributed by atoms with Crippen LogP contribution in [-0.2, 0) is 0 Å². The summed E-state index contributed by atoms with van der Waals surface area (Å²) in [5.41, 5.74) is 0.352. The highest BCUT2D eigenvalue weighted by Gasteiger charge is 2.28. The minimum Gasteiger partial charge on any atom is -0.494 e. The smallest absolute Gasteiger partial charge is 0.251 e. The average Bonchev–Trinajstić information content (AvgIpc) is 2.27. The van der Waals surface area contributed by atoms with Gasteiger partial charge in [-0.3, -0.25) is 4.79 Å². The van der Waals surface area contributed by atoms with Crippen LogP contribution in [0.5, 0.6) is 5.75 Å². The predicted molar refractivity (Wildman–Crippen MR) is 59.4 cm³/mol. The van der Waals surface area contributed by atoms with Crippen molar-refractivity contribution >= 4 is 5.91 Å². The Kier molecular flexibility index (Phi) is 3.28. The first-order valence-corrected chi connectivity index (χ1v) is 5.42. The Labute approximate surface area is 98.4 Å². The molecule has 5 heteroatoms. The van der Waals surface area contributed by atoms with Crippen molar-refractivity contribution in [1.82, 2.24) is 5.32 Å². The number of carbonyl (C=O) groups excluding carboxylic acids is 1. The van der Waals surface area contributed by atoms with Crippen LogP contribution in [0.4, 0.5) is 4.39 Å². The van der Waals surface area contributed by atoms with E-state index in [0.717, 1.165) is 0 Å². The Hall–Kier alpha value is -1.62. The molecule has 0 atom stereocenters. The first-order valence-electron chi connectivity index (χ1n) is 5.42. The number of carbonyl (C=O) groups is 1. The van der Waals surface area contributed by atoms with Gasteiger partial charge in [-0.2, -0.15) is 0 Å². The molecular weight excluding hydrogens is 225 g/mol. The lowest BCUT2D eigenvalue weighted by Crippen LogP contribution is -2.46. The summed E-state index contributed by atoms with van der Waals surface area (Å²) < 4.78 is 17.9. The third-order valence-corrected chi connectivity index (χ3v) is 2.86. The summed E-state index contributed by atoms with van der Waals surface area (Å²) in [4.78, 5) is 11.8. The first-order chi connectivity index (χ1) is 8.10. The number of aliphatic hydroxyl groups is 1. The zero-order valence-corrected chi connectivity index (χ0v) is 9.44. The van der Waals surface area contributed by atoms with Gasteiger partial charge in [0.05, 0.1) is 13.2 Å². The average molecular weight is 239 g/mol. The van der Waals surface area contributed by atoms with Crippen LogP contribution >= 0.6 is 0 Å². The molecule has 1 aliphatic carbocycles. The lowest BCUT2D eigenvalue weighted by atomic mass is 9.89. The van der Waals surface area contributed by atoms with E-state index >= 15 is 0 Å². The third kappa shape index (κ3) is 2.55. The van der Waals surface area contributed by atoms with Crippen molar-refractivity contribution in [3.05, 3.63) is 29.6 Å². The monoisotopic (exact) mass is 239 g/mol. The van der Waals surface area contributed by atoms with Crippen LogP contribution in [0.25, 0.3) is 0 Å². The van der Waals surface area contributed by atoms with E-state index in [2.05, 4.69) is 5.32 Å². The number of methoxy groups -OCH3 is 1. The molecule has 0 unspecified atom stereocenters. The van der Waals surface area contributed by atoms with Crippen LogP contribution in [0.2, 0.25) is 0 Å². The van der Waals surface area contributed by atoms with Crippen LogP contribution in [-0.4, -0.2) is 30.3 Å². The maximum atomic E-state index is 13.1. The Morgan fingerprint density at radius 3 is 2.82 bits per heavy atom. The SMILES string of the molecule is COc1cc(C(=O)NC2CC(O)C2)ccc1F. The zero-order valence-electron chi connectivity index (χ0n) is 9.44. The molecule has 1 aromatic rings. The van der Waals surface area contributed by atoms with Crippen LogP contribution in [0.1, 0.15) is 23.2 Å². The molecule has 0 spiro atoms. The molecule has 17 heavy (non-hydrogen) atoms. The van der Waals surface area contributed by atoms with Gasteiger partial charge in [-0.1, -0.05) is 0 Å². The number of halogens is 1. The Morgan fingerprint density at radius 2 is 2.24 bits per heavy atom. The van der Waals surface area contributed by atoms with Gasteiger partial charge in [0.1, 0.15) is 0 Å². The molecular formula is C12H14FNO3. The molecule has 1 saturated carbocycles. The summed E-state index contributed by atoms with van der Waals surface area (Å²) in [5, 5.41) is 11.9. The maximum Gasteiger partial charge on any atom is 0.251 e. The fourth-order valence-corrected chi connectivity index (χ4v) is 1.78. The lowest BCUT2D eigenvalue weighted by Gasteiger charge is -2.31. The van der Waals surface area contributed by atoms with Crippen LogP contribution in [0, 0.1) is 5.82 Å². The van der Waals surface area contributed by atoms with E-state index in [1.54, 1.807) is 0 Å². The lowest BCUT2D eigenvalue weighted by molar-refractivity contribution is 0.0562. The standard InChI is InChI=1S/C12H14FNO3/c1-17-11-4-7(2-3-10(11)13)12(16)14-8-5-9(15)6-8/h2-4,8-9,15H,5-6H2,1H3,(H,14,16). The van der Waals surface area contributed by atoms with E-state index in [0.29, 0.717) is 18.4 Å². The molecule has 0 bridgehead atoms. The zero-order chi connectivity index (χ0) is 12.4. The van der Waals surface area contributed by atoms with Crippen molar-refractivity contribution in [2.45, 2.75) is 25.0 Å². The van der Waals surface area contributed by atoms with Gasteiger partial charge in [-0.15, -0.1) is 0 Å². The van der Waals surface area contributed by atoms with Crippen molar-refractivity contribution in [3.63, 3.8) is 0 Å².